The number of nitrogens with one attached hydrogen (secondary N) is 2. The molecule has 5 aromatic rings. The largest absolute Gasteiger partial charge is 0.321 e. The quantitative estimate of drug-likeness (QED) is 0.430. The first-order valence-corrected chi connectivity index (χ1v) is 10.6. The Morgan fingerprint density at radius 2 is 1.09 bits per heavy atom. The smallest absolute Gasteiger partial charge is 0.255 e. The second kappa shape index (κ2) is 8.07. The van der Waals surface area contributed by atoms with E-state index >= 15 is 0 Å². The molecule has 4 heterocycles. The second-order valence-electron chi connectivity index (χ2n) is 8.09. The lowest BCUT2D eigenvalue weighted by molar-refractivity contribution is 0.101. The monoisotopic (exact) mass is 454 g/mol. The maximum absolute atomic E-state index is 12.7. The summed E-state index contributed by atoms with van der Waals surface area (Å²) in [5.74, 6) is -0.590. The first-order chi connectivity index (χ1) is 16.3. The highest BCUT2D eigenvalue weighted by Crippen LogP contribution is 2.21. The molecule has 0 bridgehead atoms. The van der Waals surface area contributed by atoms with E-state index in [2.05, 4.69) is 30.8 Å². The summed E-state index contributed by atoms with van der Waals surface area (Å²) in [5.41, 5.74) is 5.17. The van der Waals surface area contributed by atoms with Crippen LogP contribution >= 0.6 is 0 Å². The third-order valence-electron chi connectivity index (χ3n) is 5.65. The van der Waals surface area contributed by atoms with Gasteiger partial charge in [0, 0.05) is 36.0 Å². The van der Waals surface area contributed by atoms with Gasteiger partial charge >= 0.3 is 0 Å². The number of pyridine rings is 2. The van der Waals surface area contributed by atoms with E-state index in [1.165, 1.54) is 0 Å². The van der Waals surface area contributed by atoms with Crippen molar-refractivity contribution >= 4 is 45.3 Å². The van der Waals surface area contributed by atoms with Crippen LogP contribution in [0.1, 0.15) is 32.1 Å². The minimum atomic E-state index is -0.295. The topological polar surface area (TPSA) is 120 Å². The molecule has 2 N–H and O–H groups in total. The van der Waals surface area contributed by atoms with Gasteiger partial charge in [-0.05, 0) is 50.2 Å². The highest BCUT2D eigenvalue weighted by molar-refractivity contribution is 6.07. The average Bonchev–Trinajstić information content (AvgIpc) is 3.27. The summed E-state index contributed by atoms with van der Waals surface area (Å²) in [7, 11) is 3.65. The summed E-state index contributed by atoms with van der Waals surface area (Å²) < 4.78 is 3.40. The van der Waals surface area contributed by atoms with Crippen LogP contribution < -0.4 is 10.6 Å². The van der Waals surface area contributed by atoms with Gasteiger partial charge in [0.05, 0.1) is 35.2 Å². The van der Waals surface area contributed by atoms with Crippen LogP contribution in [-0.4, -0.2) is 41.3 Å². The van der Waals surface area contributed by atoms with Gasteiger partial charge in [0.25, 0.3) is 11.8 Å². The highest BCUT2D eigenvalue weighted by Gasteiger charge is 2.13. The van der Waals surface area contributed by atoms with Crippen molar-refractivity contribution < 1.29 is 9.59 Å². The minimum absolute atomic E-state index is 0.295. The molecule has 0 saturated carbocycles. The molecule has 10 heteroatoms. The van der Waals surface area contributed by atoms with Gasteiger partial charge in [-0.25, -0.2) is 9.97 Å². The fourth-order valence-corrected chi connectivity index (χ4v) is 3.93. The third kappa shape index (κ3) is 3.75. The van der Waals surface area contributed by atoms with Crippen molar-refractivity contribution in [2.24, 2.45) is 14.1 Å². The lowest BCUT2D eigenvalue weighted by atomic mass is 10.1. The first-order valence-electron chi connectivity index (χ1n) is 10.6. The predicted octanol–water partition coefficient (Wildman–Crippen LogP) is 3.37. The lowest BCUT2D eigenvalue weighted by Crippen LogP contribution is -2.14. The molecule has 0 unspecified atom stereocenters. The normalized spacial score (nSPS) is 11.2. The zero-order valence-electron chi connectivity index (χ0n) is 19.1. The Bertz CT molecular complexity index is 1460. The number of fused-ring (bicyclic) bond motifs is 2. The molecule has 170 valence electrons. The molecular weight excluding hydrogens is 432 g/mol. The van der Waals surface area contributed by atoms with E-state index in [1.807, 2.05) is 40.1 Å². The van der Waals surface area contributed by atoms with Crippen molar-refractivity contribution in [1.29, 1.82) is 0 Å². The molecule has 0 saturated heterocycles. The Balaban J connectivity index is 1.29. The van der Waals surface area contributed by atoms with Crippen LogP contribution in [0.3, 0.4) is 0 Å². The molecule has 4 aromatic heterocycles. The van der Waals surface area contributed by atoms with Crippen LogP contribution in [0.2, 0.25) is 0 Å². The molecule has 0 fully saturated rings. The average molecular weight is 454 g/mol. The van der Waals surface area contributed by atoms with Gasteiger partial charge in [-0.1, -0.05) is 0 Å². The van der Waals surface area contributed by atoms with Crippen LogP contribution in [0.25, 0.3) is 22.1 Å². The SMILES string of the molecule is Cc1nn(C)c2ncc(NC(=O)c3ccc(C(=O)Nc4cnc5c(c4)c(C)nn5C)cc3)cc12. The number of carbonyl (C=O) groups excluding carboxylic acids is 2. The number of rotatable bonds is 4. The number of hydrogen-bond donors (Lipinski definition) is 2. The van der Waals surface area contributed by atoms with E-state index in [0.29, 0.717) is 22.5 Å². The molecule has 0 radical (unpaired) electrons. The molecule has 0 aliphatic heterocycles. The fraction of sp³-hybridized carbons (Fsp3) is 0.167. The first kappa shape index (κ1) is 21.3. The molecule has 1 aromatic carbocycles. The number of amides is 2. The number of benzene rings is 1. The van der Waals surface area contributed by atoms with E-state index < -0.39 is 0 Å². The minimum Gasteiger partial charge on any atom is -0.321 e. The molecule has 0 atom stereocenters. The van der Waals surface area contributed by atoms with Crippen molar-refractivity contribution in [2.45, 2.75) is 13.8 Å². The molecular formula is C24H22N8O2. The van der Waals surface area contributed by atoms with Crippen molar-refractivity contribution in [1.82, 2.24) is 29.5 Å². The zero-order chi connectivity index (χ0) is 24.0. The van der Waals surface area contributed by atoms with Gasteiger partial charge in [0.15, 0.2) is 11.3 Å². The van der Waals surface area contributed by atoms with Crippen LogP contribution in [0.15, 0.2) is 48.8 Å². The maximum atomic E-state index is 12.7. The molecule has 5 rings (SSSR count). The van der Waals surface area contributed by atoms with Crippen molar-refractivity contribution in [3.8, 4) is 0 Å². The van der Waals surface area contributed by atoms with Crippen LogP contribution in [0.4, 0.5) is 11.4 Å². The number of carbonyl (C=O) groups is 2. The van der Waals surface area contributed by atoms with Crippen LogP contribution in [0, 0.1) is 13.8 Å². The Kier molecular flexibility index (Phi) is 5.05. The van der Waals surface area contributed by atoms with E-state index in [4.69, 9.17) is 0 Å². The van der Waals surface area contributed by atoms with E-state index in [0.717, 1.165) is 33.5 Å². The Morgan fingerprint density at radius 3 is 1.47 bits per heavy atom. The van der Waals surface area contributed by atoms with Crippen LogP contribution in [-0.2, 0) is 14.1 Å². The zero-order valence-corrected chi connectivity index (χ0v) is 19.1. The molecule has 0 aliphatic rings. The van der Waals surface area contributed by atoms with Gasteiger partial charge in [0.1, 0.15) is 0 Å². The number of anilines is 2. The summed E-state index contributed by atoms with van der Waals surface area (Å²) >= 11 is 0. The molecule has 10 nitrogen and oxygen atoms in total. The van der Waals surface area contributed by atoms with E-state index in [-0.39, 0.29) is 11.8 Å². The molecule has 2 amide bonds. The van der Waals surface area contributed by atoms with Gasteiger partial charge < -0.3 is 10.6 Å². The second-order valence-corrected chi connectivity index (χ2v) is 8.09. The summed E-state index contributed by atoms with van der Waals surface area (Å²) in [6.07, 6.45) is 3.19. The maximum Gasteiger partial charge on any atom is 0.255 e. The summed E-state index contributed by atoms with van der Waals surface area (Å²) in [4.78, 5) is 34.1. The fourth-order valence-electron chi connectivity index (χ4n) is 3.93. The van der Waals surface area contributed by atoms with Crippen LogP contribution in [0.5, 0.6) is 0 Å². The highest BCUT2D eigenvalue weighted by atomic mass is 16.2. The Hall–Kier alpha value is -4.60. The Labute approximate surface area is 194 Å². The number of aryl methyl sites for hydroxylation is 4. The van der Waals surface area contributed by atoms with E-state index in [1.54, 1.807) is 46.0 Å². The Morgan fingerprint density at radius 1 is 0.706 bits per heavy atom. The molecule has 0 spiro atoms. The van der Waals surface area contributed by atoms with E-state index in [9.17, 15) is 9.59 Å². The summed E-state index contributed by atoms with van der Waals surface area (Å²) in [6, 6.07) is 10.1. The number of aromatic nitrogens is 6. The summed E-state index contributed by atoms with van der Waals surface area (Å²) in [5, 5.41) is 16.1. The predicted molar refractivity (Wildman–Crippen MR) is 129 cm³/mol. The lowest BCUT2D eigenvalue weighted by Gasteiger charge is -2.08. The van der Waals surface area contributed by atoms with Crippen molar-refractivity contribution in [3.05, 3.63) is 71.3 Å². The number of nitrogens with zero attached hydrogens (tertiary/aromatic N) is 6. The standard InChI is InChI=1S/C24H22N8O2/c1-13-19-9-17(11-25-21(19)31(3)29-13)27-23(33)15-5-7-16(8-6-15)24(34)28-18-10-20-14(2)30-32(4)22(20)26-12-18/h5-12H,1-4H3,(H,27,33)(H,28,34). The third-order valence-corrected chi connectivity index (χ3v) is 5.65. The van der Waals surface area contributed by atoms with Gasteiger partial charge in [0.2, 0.25) is 0 Å². The van der Waals surface area contributed by atoms with Gasteiger partial charge in [-0.15, -0.1) is 0 Å². The molecule has 34 heavy (non-hydrogen) atoms. The van der Waals surface area contributed by atoms with Crippen molar-refractivity contribution in [3.63, 3.8) is 0 Å². The van der Waals surface area contributed by atoms with Gasteiger partial charge in [-0.2, -0.15) is 10.2 Å². The van der Waals surface area contributed by atoms with Gasteiger partial charge in [-0.3, -0.25) is 19.0 Å². The summed E-state index contributed by atoms with van der Waals surface area (Å²) in [6.45, 7) is 3.79. The number of hydrogen-bond acceptors (Lipinski definition) is 6. The van der Waals surface area contributed by atoms with Crippen molar-refractivity contribution in [2.75, 3.05) is 10.6 Å². The molecule has 0 aliphatic carbocycles.